The summed E-state index contributed by atoms with van der Waals surface area (Å²) in [5.74, 6) is -0.568. The van der Waals surface area contributed by atoms with Gasteiger partial charge in [0.15, 0.2) is 0 Å². The normalized spacial score (nSPS) is 10.2. The van der Waals surface area contributed by atoms with E-state index in [1.807, 2.05) is 0 Å². The quantitative estimate of drug-likeness (QED) is 0.648. The minimum atomic E-state index is -1.21. The van der Waals surface area contributed by atoms with Gasteiger partial charge in [-0.1, -0.05) is 6.07 Å². The number of benzene rings is 2. The van der Waals surface area contributed by atoms with Gasteiger partial charge in [-0.15, -0.1) is 0 Å². The topological polar surface area (TPSA) is 92.9 Å². The molecule has 1 N–H and O–H groups in total. The Morgan fingerprint density at radius 2 is 1.91 bits per heavy atom. The molecule has 0 aliphatic carbocycles. The Morgan fingerprint density at radius 3 is 2.39 bits per heavy atom. The summed E-state index contributed by atoms with van der Waals surface area (Å²) in [4.78, 5) is 23.8. The molecule has 0 saturated carbocycles. The molecule has 0 amide bonds. The molecule has 0 unspecified atom stereocenters. The van der Waals surface area contributed by atoms with Gasteiger partial charge < -0.3 is 14.7 Å². The van der Waals surface area contributed by atoms with Crippen molar-refractivity contribution in [2.75, 3.05) is 18.6 Å². The van der Waals surface area contributed by atoms with Gasteiger partial charge in [0.1, 0.15) is 11.4 Å². The summed E-state index contributed by atoms with van der Waals surface area (Å²) in [7, 11) is 1.54. The lowest BCUT2D eigenvalue weighted by Crippen LogP contribution is -2.20. The largest absolute Gasteiger partial charge is 0.497 e. The zero-order valence-electron chi connectivity index (χ0n) is 12.7. The van der Waals surface area contributed by atoms with Gasteiger partial charge in [0.25, 0.3) is 5.69 Å². The molecule has 7 nitrogen and oxygen atoms in total. The molecule has 0 radical (unpaired) electrons. The van der Waals surface area contributed by atoms with E-state index in [0.717, 1.165) is 0 Å². The van der Waals surface area contributed by atoms with Crippen LogP contribution in [0.2, 0.25) is 0 Å². The summed E-state index contributed by atoms with van der Waals surface area (Å²) < 4.78 is 5.09. The number of carbonyl (C=O) groups is 1. The molecule has 0 aliphatic heterocycles. The fourth-order valence-corrected chi connectivity index (χ4v) is 2.37. The third-order valence-electron chi connectivity index (χ3n) is 3.41. The monoisotopic (exact) mass is 316 g/mol. The van der Waals surface area contributed by atoms with Crippen molar-refractivity contribution in [3.63, 3.8) is 0 Å². The number of carboxylic acids is 1. The minimum absolute atomic E-state index is 0.0673. The lowest BCUT2D eigenvalue weighted by molar-refractivity contribution is -0.384. The predicted molar refractivity (Wildman–Crippen MR) is 85.7 cm³/mol. The van der Waals surface area contributed by atoms with Crippen molar-refractivity contribution in [1.82, 2.24) is 0 Å². The van der Waals surface area contributed by atoms with Gasteiger partial charge in [0.05, 0.1) is 17.6 Å². The van der Waals surface area contributed by atoms with Crippen molar-refractivity contribution in [3.05, 3.63) is 58.1 Å². The number of aromatic carboxylic acids is 1. The van der Waals surface area contributed by atoms with E-state index < -0.39 is 10.9 Å². The summed E-state index contributed by atoms with van der Waals surface area (Å²) in [5.41, 5.74) is 0.349. The lowest BCUT2D eigenvalue weighted by Gasteiger charge is -2.24. The van der Waals surface area contributed by atoms with E-state index in [9.17, 15) is 20.0 Å². The van der Waals surface area contributed by atoms with Crippen LogP contribution in [0.4, 0.5) is 17.1 Å². The summed E-state index contributed by atoms with van der Waals surface area (Å²) in [6.45, 7) is 2.17. The third-order valence-corrected chi connectivity index (χ3v) is 3.41. The van der Waals surface area contributed by atoms with Gasteiger partial charge in [-0.25, -0.2) is 4.79 Å². The first-order valence-corrected chi connectivity index (χ1v) is 6.91. The lowest BCUT2D eigenvalue weighted by atomic mass is 10.1. The van der Waals surface area contributed by atoms with Gasteiger partial charge in [-0.2, -0.15) is 0 Å². The van der Waals surface area contributed by atoms with Gasteiger partial charge in [-0.3, -0.25) is 10.1 Å². The summed E-state index contributed by atoms with van der Waals surface area (Å²) >= 11 is 0. The van der Waals surface area contributed by atoms with Crippen LogP contribution in [0.25, 0.3) is 0 Å². The Balaban J connectivity index is 2.63. The molecule has 0 spiro atoms. The second kappa shape index (κ2) is 6.78. The first-order chi connectivity index (χ1) is 11.0. The number of anilines is 2. The summed E-state index contributed by atoms with van der Waals surface area (Å²) in [5, 5.41) is 20.7. The Kier molecular flexibility index (Phi) is 4.80. The Morgan fingerprint density at radius 1 is 1.26 bits per heavy atom. The number of nitrogens with zero attached hydrogens (tertiary/aromatic N) is 2. The molecule has 0 atom stereocenters. The number of carboxylic acid groups (broad SMARTS) is 1. The van der Waals surface area contributed by atoms with Crippen molar-refractivity contribution < 1.29 is 19.6 Å². The van der Waals surface area contributed by atoms with E-state index in [0.29, 0.717) is 18.0 Å². The highest BCUT2D eigenvalue weighted by Crippen LogP contribution is 2.37. The van der Waals surface area contributed by atoms with Gasteiger partial charge in [0.2, 0.25) is 0 Å². The molecule has 0 heterocycles. The first-order valence-electron chi connectivity index (χ1n) is 6.91. The van der Waals surface area contributed by atoms with Crippen molar-refractivity contribution >= 4 is 23.0 Å². The first kappa shape index (κ1) is 16.3. The molecule has 2 aromatic carbocycles. The van der Waals surface area contributed by atoms with Crippen molar-refractivity contribution in [3.8, 4) is 5.75 Å². The number of methoxy groups -OCH3 is 1. The summed E-state index contributed by atoms with van der Waals surface area (Å²) in [6, 6.07) is 10.9. The molecule has 0 bridgehead atoms. The molecule has 0 saturated heterocycles. The van der Waals surface area contributed by atoms with Gasteiger partial charge in [0, 0.05) is 18.3 Å². The zero-order valence-corrected chi connectivity index (χ0v) is 12.7. The highest BCUT2D eigenvalue weighted by Gasteiger charge is 2.26. The van der Waals surface area contributed by atoms with Crippen molar-refractivity contribution in [1.29, 1.82) is 0 Å². The summed E-state index contributed by atoms with van der Waals surface area (Å²) in [6.07, 6.45) is 0. The van der Waals surface area contributed by atoms with Gasteiger partial charge in [-0.05, 0) is 37.3 Å². The van der Waals surface area contributed by atoms with Crippen LogP contribution in [0.3, 0.4) is 0 Å². The predicted octanol–water partition coefficient (Wildman–Crippen LogP) is 3.46. The number of nitro benzene ring substituents is 1. The maximum absolute atomic E-state index is 11.5. The van der Waals surface area contributed by atoms with E-state index in [1.54, 1.807) is 36.1 Å². The number of hydrogen-bond acceptors (Lipinski definition) is 5. The fourth-order valence-electron chi connectivity index (χ4n) is 2.37. The van der Waals surface area contributed by atoms with E-state index in [4.69, 9.17) is 4.74 Å². The zero-order chi connectivity index (χ0) is 17.0. The van der Waals surface area contributed by atoms with Crippen LogP contribution in [0.15, 0.2) is 42.5 Å². The molecule has 2 rings (SSSR count). The minimum Gasteiger partial charge on any atom is -0.497 e. The van der Waals surface area contributed by atoms with Crippen LogP contribution in [0.1, 0.15) is 17.3 Å². The maximum Gasteiger partial charge on any atom is 0.338 e. The van der Waals surface area contributed by atoms with Crippen LogP contribution in [0, 0.1) is 10.1 Å². The van der Waals surface area contributed by atoms with E-state index in [-0.39, 0.29) is 16.9 Å². The molecule has 2 aromatic rings. The van der Waals surface area contributed by atoms with Crippen LogP contribution in [-0.2, 0) is 0 Å². The third kappa shape index (κ3) is 3.23. The molecule has 0 fully saturated rings. The molecular weight excluding hydrogens is 300 g/mol. The Labute approximate surface area is 132 Å². The van der Waals surface area contributed by atoms with E-state index in [1.165, 1.54) is 25.3 Å². The Bertz CT molecular complexity index is 696. The molecule has 0 aliphatic rings. The van der Waals surface area contributed by atoms with Crippen LogP contribution < -0.4 is 9.64 Å². The van der Waals surface area contributed by atoms with Crippen molar-refractivity contribution in [2.24, 2.45) is 0 Å². The number of hydrogen-bond donors (Lipinski definition) is 1. The standard InChI is InChI=1S/C16H16N2O5/c1-3-17(11-7-9-12(23-2)10-8-11)15-13(16(19)20)5-4-6-14(15)18(21)22/h4-10H,3H2,1-2H3,(H,19,20). The van der Waals surface area contributed by atoms with Crippen LogP contribution in [-0.4, -0.2) is 29.7 Å². The highest BCUT2D eigenvalue weighted by atomic mass is 16.6. The average Bonchev–Trinajstić information content (AvgIpc) is 2.56. The SMILES string of the molecule is CCN(c1ccc(OC)cc1)c1c(C(=O)O)cccc1[N+](=O)[O-]. The molecule has 120 valence electrons. The second-order valence-electron chi connectivity index (χ2n) is 4.68. The Hall–Kier alpha value is -3.09. The van der Waals surface area contributed by atoms with E-state index >= 15 is 0 Å². The molecule has 7 heteroatoms. The maximum atomic E-state index is 11.5. The number of para-hydroxylation sites is 1. The van der Waals surface area contributed by atoms with Crippen LogP contribution >= 0.6 is 0 Å². The molecular formula is C16H16N2O5. The molecule has 23 heavy (non-hydrogen) atoms. The smallest absolute Gasteiger partial charge is 0.338 e. The average molecular weight is 316 g/mol. The number of nitro groups is 1. The van der Waals surface area contributed by atoms with Crippen molar-refractivity contribution in [2.45, 2.75) is 6.92 Å². The molecule has 0 aromatic heterocycles. The fraction of sp³-hybridized carbons (Fsp3) is 0.188. The van der Waals surface area contributed by atoms with Gasteiger partial charge >= 0.3 is 5.97 Å². The number of ether oxygens (including phenoxy) is 1. The second-order valence-corrected chi connectivity index (χ2v) is 4.68. The number of rotatable bonds is 6. The van der Waals surface area contributed by atoms with E-state index in [2.05, 4.69) is 0 Å². The van der Waals surface area contributed by atoms with Crippen LogP contribution in [0.5, 0.6) is 5.75 Å². The highest BCUT2D eigenvalue weighted by molar-refractivity contribution is 5.98.